The zero-order chi connectivity index (χ0) is 13.9. The molecule has 20 heavy (non-hydrogen) atoms. The van der Waals surface area contributed by atoms with Crippen molar-refractivity contribution < 1.29 is 0 Å². The van der Waals surface area contributed by atoms with E-state index < -0.39 is 0 Å². The molecule has 0 spiro atoms. The van der Waals surface area contributed by atoms with Crippen LogP contribution in [-0.4, -0.2) is 4.98 Å². The summed E-state index contributed by atoms with van der Waals surface area (Å²) >= 11 is 3.44. The van der Waals surface area contributed by atoms with E-state index in [1.807, 2.05) is 48.5 Å². The summed E-state index contributed by atoms with van der Waals surface area (Å²) in [6, 6.07) is 17.8. The van der Waals surface area contributed by atoms with Gasteiger partial charge in [-0.05, 0) is 24.3 Å². The van der Waals surface area contributed by atoms with Crippen molar-refractivity contribution >= 4 is 38.2 Å². The predicted molar refractivity (Wildman–Crippen MR) is 83.9 cm³/mol. The number of hydrogen-bond acceptors (Lipinski definition) is 3. The molecule has 0 aliphatic rings. The Hall–Kier alpha value is -2.38. The summed E-state index contributed by atoms with van der Waals surface area (Å²) in [5.41, 5.74) is 3.11. The number of halogens is 1. The lowest BCUT2D eigenvalue weighted by Gasteiger charge is -2.11. The number of pyridine rings is 1. The molecule has 3 nitrogen and oxygen atoms in total. The summed E-state index contributed by atoms with van der Waals surface area (Å²) in [5.74, 6) is 0. The minimum atomic E-state index is 0.531. The number of nitrogens with one attached hydrogen (secondary N) is 1. The molecule has 4 heteroatoms. The Morgan fingerprint density at radius 1 is 1.10 bits per heavy atom. The summed E-state index contributed by atoms with van der Waals surface area (Å²) in [4.78, 5) is 4.30. The molecule has 0 aliphatic heterocycles. The van der Waals surface area contributed by atoms with Crippen LogP contribution in [-0.2, 0) is 0 Å². The molecule has 0 amide bonds. The first kappa shape index (κ1) is 12.6. The third kappa shape index (κ3) is 2.36. The zero-order valence-electron chi connectivity index (χ0n) is 10.5. The molecule has 1 N–H and O–H groups in total. The van der Waals surface area contributed by atoms with Gasteiger partial charge >= 0.3 is 0 Å². The van der Waals surface area contributed by atoms with E-state index in [0.29, 0.717) is 5.56 Å². The monoisotopic (exact) mass is 323 g/mol. The van der Waals surface area contributed by atoms with Gasteiger partial charge in [0.25, 0.3) is 0 Å². The Kier molecular flexibility index (Phi) is 3.36. The van der Waals surface area contributed by atoms with Crippen molar-refractivity contribution in [1.29, 1.82) is 5.26 Å². The van der Waals surface area contributed by atoms with Gasteiger partial charge in [-0.1, -0.05) is 40.2 Å². The molecule has 0 radical (unpaired) electrons. The van der Waals surface area contributed by atoms with Gasteiger partial charge in [0.2, 0.25) is 0 Å². The summed E-state index contributed by atoms with van der Waals surface area (Å²) in [5, 5.41) is 13.5. The van der Waals surface area contributed by atoms with Crippen LogP contribution in [0.4, 0.5) is 11.4 Å². The average Bonchev–Trinajstić information content (AvgIpc) is 2.48. The van der Waals surface area contributed by atoms with Crippen LogP contribution >= 0.6 is 15.9 Å². The molecule has 96 valence electrons. The smallest absolute Gasteiger partial charge is 0.103 e. The van der Waals surface area contributed by atoms with Gasteiger partial charge in [-0.15, -0.1) is 0 Å². The van der Waals surface area contributed by atoms with E-state index in [2.05, 4.69) is 32.3 Å². The van der Waals surface area contributed by atoms with E-state index in [4.69, 9.17) is 0 Å². The van der Waals surface area contributed by atoms with Crippen molar-refractivity contribution in [3.8, 4) is 6.07 Å². The molecule has 0 aliphatic carbocycles. The third-order valence-corrected chi connectivity index (χ3v) is 3.48. The second-order valence-corrected chi connectivity index (χ2v) is 5.23. The fourth-order valence-corrected chi connectivity index (χ4v) is 2.47. The van der Waals surface area contributed by atoms with Crippen LogP contribution in [0.3, 0.4) is 0 Å². The zero-order valence-corrected chi connectivity index (χ0v) is 12.1. The second kappa shape index (κ2) is 5.32. The molecule has 2 aromatic carbocycles. The van der Waals surface area contributed by atoms with Gasteiger partial charge in [0.15, 0.2) is 0 Å². The fourth-order valence-electron chi connectivity index (χ4n) is 2.07. The predicted octanol–water partition coefficient (Wildman–Crippen LogP) is 4.61. The topological polar surface area (TPSA) is 48.7 Å². The van der Waals surface area contributed by atoms with Crippen molar-refractivity contribution in [1.82, 2.24) is 4.98 Å². The number of nitriles is 1. The van der Waals surface area contributed by atoms with Crippen LogP contribution in [0.2, 0.25) is 0 Å². The lowest BCUT2D eigenvalue weighted by Crippen LogP contribution is -1.96. The first-order valence-corrected chi connectivity index (χ1v) is 6.87. The molecule has 0 unspecified atom stereocenters. The average molecular weight is 324 g/mol. The molecule has 1 heterocycles. The molecular weight excluding hydrogens is 314 g/mol. The van der Waals surface area contributed by atoms with Crippen LogP contribution in [0.1, 0.15) is 5.56 Å². The van der Waals surface area contributed by atoms with Crippen LogP contribution < -0.4 is 5.32 Å². The van der Waals surface area contributed by atoms with Gasteiger partial charge in [-0.25, -0.2) is 0 Å². The van der Waals surface area contributed by atoms with Gasteiger partial charge in [-0.3, -0.25) is 4.98 Å². The number of aromatic nitrogens is 1. The van der Waals surface area contributed by atoms with Gasteiger partial charge in [0.05, 0.1) is 16.8 Å². The van der Waals surface area contributed by atoms with Crippen molar-refractivity contribution in [2.45, 2.75) is 0 Å². The van der Waals surface area contributed by atoms with Crippen LogP contribution in [0.25, 0.3) is 10.9 Å². The van der Waals surface area contributed by atoms with Crippen molar-refractivity contribution in [3.05, 3.63) is 64.8 Å². The number of benzene rings is 2. The molecule has 0 saturated carbocycles. The Bertz CT molecular complexity index is 821. The largest absolute Gasteiger partial charge is 0.354 e. The van der Waals surface area contributed by atoms with Crippen LogP contribution in [0.5, 0.6) is 0 Å². The first-order chi connectivity index (χ1) is 9.78. The van der Waals surface area contributed by atoms with Gasteiger partial charge in [0, 0.05) is 21.7 Å². The second-order valence-electron chi connectivity index (χ2n) is 4.31. The number of fused-ring (bicyclic) bond motifs is 1. The third-order valence-electron chi connectivity index (χ3n) is 2.99. The highest BCUT2D eigenvalue weighted by Gasteiger charge is 2.08. The van der Waals surface area contributed by atoms with Crippen molar-refractivity contribution in [2.24, 2.45) is 0 Å². The van der Waals surface area contributed by atoms with E-state index in [0.717, 1.165) is 26.8 Å². The first-order valence-electron chi connectivity index (χ1n) is 6.08. The van der Waals surface area contributed by atoms with Gasteiger partial charge in [0.1, 0.15) is 6.07 Å². The highest BCUT2D eigenvalue weighted by Crippen LogP contribution is 2.29. The Balaban J connectivity index is 2.17. The molecular formula is C16H10BrN3. The number of hydrogen-bond donors (Lipinski definition) is 1. The van der Waals surface area contributed by atoms with E-state index in [1.54, 1.807) is 6.20 Å². The van der Waals surface area contributed by atoms with Crippen LogP contribution in [0.15, 0.2) is 59.2 Å². The molecule has 3 rings (SSSR count). The Labute approximate surface area is 125 Å². The lowest BCUT2D eigenvalue weighted by atomic mass is 10.1. The Morgan fingerprint density at radius 3 is 2.75 bits per heavy atom. The molecule has 1 aromatic heterocycles. The van der Waals surface area contributed by atoms with E-state index >= 15 is 0 Å². The number of para-hydroxylation sites is 1. The summed E-state index contributed by atoms with van der Waals surface area (Å²) in [6.45, 7) is 0. The number of anilines is 2. The van der Waals surface area contributed by atoms with Crippen LogP contribution in [0, 0.1) is 11.3 Å². The van der Waals surface area contributed by atoms with E-state index in [1.165, 1.54) is 0 Å². The molecule has 0 bridgehead atoms. The normalized spacial score (nSPS) is 10.2. The van der Waals surface area contributed by atoms with E-state index in [-0.39, 0.29) is 0 Å². The molecule has 0 atom stereocenters. The summed E-state index contributed by atoms with van der Waals surface area (Å²) in [7, 11) is 0. The quantitative estimate of drug-likeness (QED) is 0.749. The van der Waals surface area contributed by atoms with Gasteiger partial charge < -0.3 is 5.32 Å². The molecule has 0 saturated heterocycles. The summed E-state index contributed by atoms with van der Waals surface area (Å²) in [6.07, 6.45) is 1.60. The van der Waals surface area contributed by atoms with Crippen molar-refractivity contribution in [2.75, 3.05) is 5.32 Å². The SMILES string of the molecule is N#Cc1cnc2ccccc2c1Nc1cccc(Br)c1. The number of rotatable bonds is 2. The standard InChI is InChI=1S/C16H10BrN3/c17-12-4-3-5-13(8-12)20-16-11(9-18)10-19-15-7-2-1-6-14(15)16/h1-8,10H,(H,19,20). The highest BCUT2D eigenvalue weighted by molar-refractivity contribution is 9.10. The van der Waals surface area contributed by atoms with E-state index in [9.17, 15) is 5.26 Å². The van der Waals surface area contributed by atoms with Gasteiger partial charge in [-0.2, -0.15) is 5.26 Å². The molecule has 3 aromatic rings. The maximum atomic E-state index is 9.27. The minimum absolute atomic E-state index is 0.531. The minimum Gasteiger partial charge on any atom is -0.354 e. The Morgan fingerprint density at radius 2 is 1.95 bits per heavy atom. The molecule has 0 fully saturated rings. The maximum Gasteiger partial charge on any atom is 0.103 e. The summed E-state index contributed by atoms with van der Waals surface area (Å²) < 4.78 is 0.986. The maximum absolute atomic E-state index is 9.27. The fraction of sp³-hybridized carbons (Fsp3) is 0. The van der Waals surface area contributed by atoms with Crippen molar-refractivity contribution in [3.63, 3.8) is 0 Å². The lowest BCUT2D eigenvalue weighted by molar-refractivity contribution is 1.36. The number of nitrogens with zero attached hydrogens (tertiary/aromatic N) is 2. The highest BCUT2D eigenvalue weighted by atomic mass is 79.9.